The maximum atomic E-state index is 13.8. The first kappa shape index (κ1) is 17.4. The molecule has 1 aromatic heterocycles. The molecule has 1 aromatic carbocycles. The number of benzene rings is 1. The van der Waals surface area contributed by atoms with Crippen molar-refractivity contribution < 1.29 is 23.1 Å². The molecule has 0 radical (unpaired) electrons. The number of carbonyl (C=O) groups is 2. The van der Waals surface area contributed by atoms with Crippen LogP contribution in [0.2, 0.25) is 0 Å². The molecule has 7 nitrogen and oxygen atoms in total. The van der Waals surface area contributed by atoms with E-state index >= 15 is 0 Å². The van der Waals surface area contributed by atoms with Gasteiger partial charge in [0.2, 0.25) is 5.91 Å². The Morgan fingerprint density at radius 1 is 1.33 bits per heavy atom. The lowest BCUT2D eigenvalue weighted by molar-refractivity contribution is -0.117. The first-order chi connectivity index (χ1) is 13.0. The molecule has 0 aliphatic carbocycles. The van der Waals surface area contributed by atoms with E-state index in [1.54, 1.807) is 4.90 Å². The lowest BCUT2D eigenvalue weighted by Crippen LogP contribution is -2.41. The fraction of sp³-hybridized carbons (Fsp3) is 0.389. The maximum Gasteiger partial charge on any atom is 0.410 e. The SMILES string of the molecule is O=C(CC1CCN2C(=O)OCC2C1)Nc1ccn(-c2cccc(F)c2F)n1. The normalized spacial score (nSPS) is 21.7. The number of hydrogen-bond acceptors (Lipinski definition) is 4. The summed E-state index contributed by atoms with van der Waals surface area (Å²) in [4.78, 5) is 25.5. The van der Waals surface area contributed by atoms with Crippen molar-refractivity contribution in [2.24, 2.45) is 5.92 Å². The second-order valence-corrected chi connectivity index (χ2v) is 6.79. The highest BCUT2D eigenvalue weighted by Gasteiger charge is 2.38. The van der Waals surface area contributed by atoms with Crippen LogP contribution in [0.25, 0.3) is 5.69 Å². The molecule has 2 aliphatic heterocycles. The summed E-state index contributed by atoms with van der Waals surface area (Å²) in [5.74, 6) is -1.75. The van der Waals surface area contributed by atoms with Gasteiger partial charge in [0, 0.05) is 25.2 Å². The molecule has 0 spiro atoms. The summed E-state index contributed by atoms with van der Waals surface area (Å²) in [6, 6.07) is 5.38. The van der Waals surface area contributed by atoms with Crippen LogP contribution >= 0.6 is 0 Å². The zero-order valence-corrected chi connectivity index (χ0v) is 14.4. The minimum absolute atomic E-state index is 0.0335. The van der Waals surface area contributed by atoms with Crippen molar-refractivity contribution in [2.45, 2.75) is 25.3 Å². The van der Waals surface area contributed by atoms with Crippen LogP contribution in [0.1, 0.15) is 19.3 Å². The molecule has 4 rings (SSSR count). The standard InChI is InChI=1S/C18H18F2N4O3/c19-13-2-1-3-14(17(13)20)24-7-5-15(22-24)21-16(25)9-11-4-6-23-12(8-11)10-27-18(23)26/h1-3,5,7,11-12H,4,6,8-10H2,(H,21,22,25). The molecule has 2 unspecified atom stereocenters. The predicted octanol–water partition coefficient (Wildman–Crippen LogP) is 2.71. The molecule has 2 aromatic rings. The minimum atomic E-state index is -1.00. The van der Waals surface area contributed by atoms with Crippen LogP contribution in [0.4, 0.5) is 19.4 Å². The Morgan fingerprint density at radius 3 is 3.04 bits per heavy atom. The molecule has 0 bridgehead atoms. The van der Waals surface area contributed by atoms with Gasteiger partial charge < -0.3 is 15.0 Å². The van der Waals surface area contributed by atoms with Crippen LogP contribution in [0.15, 0.2) is 30.5 Å². The number of nitrogens with one attached hydrogen (secondary N) is 1. The molecule has 142 valence electrons. The van der Waals surface area contributed by atoms with Gasteiger partial charge in [-0.2, -0.15) is 0 Å². The van der Waals surface area contributed by atoms with Crippen LogP contribution in [-0.2, 0) is 9.53 Å². The molecule has 1 N–H and O–H groups in total. The van der Waals surface area contributed by atoms with Crippen LogP contribution in [0.5, 0.6) is 0 Å². The number of cyclic esters (lactones) is 1. The van der Waals surface area contributed by atoms with Crippen LogP contribution in [0.3, 0.4) is 0 Å². The quantitative estimate of drug-likeness (QED) is 0.890. The van der Waals surface area contributed by atoms with Gasteiger partial charge in [-0.3, -0.25) is 4.79 Å². The van der Waals surface area contributed by atoms with E-state index in [9.17, 15) is 18.4 Å². The van der Waals surface area contributed by atoms with E-state index in [2.05, 4.69) is 10.4 Å². The summed E-state index contributed by atoms with van der Waals surface area (Å²) >= 11 is 0. The summed E-state index contributed by atoms with van der Waals surface area (Å²) in [5.41, 5.74) is -0.0335. The molecular weight excluding hydrogens is 358 g/mol. The third-order valence-electron chi connectivity index (χ3n) is 4.97. The van der Waals surface area contributed by atoms with Gasteiger partial charge in [0.15, 0.2) is 17.5 Å². The Hall–Kier alpha value is -2.97. The van der Waals surface area contributed by atoms with Gasteiger partial charge in [-0.15, -0.1) is 5.10 Å². The van der Waals surface area contributed by atoms with Crippen LogP contribution in [0, 0.1) is 17.6 Å². The number of ether oxygens (including phenoxy) is 1. The first-order valence-corrected chi connectivity index (χ1v) is 8.74. The lowest BCUT2D eigenvalue weighted by atomic mass is 9.89. The van der Waals surface area contributed by atoms with Crippen molar-refractivity contribution in [3.8, 4) is 5.69 Å². The summed E-state index contributed by atoms with van der Waals surface area (Å²) < 4.78 is 33.4. The Bertz CT molecular complexity index is 885. The van der Waals surface area contributed by atoms with E-state index in [-0.39, 0.29) is 35.5 Å². The fourth-order valence-corrected chi connectivity index (χ4v) is 3.62. The molecule has 2 saturated heterocycles. The predicted molar refractivity (Wildman–Crippen MR) is 91.3 cm³/mol. The third kappa shape index (κ3) is 3.49. The molecule has 9 heteroatoms. The van der Waals surface area contributed by atoms with Crippen LogP contribution < -0.4 is 5.32 Å². The smallest absolute Gasteiger partial charge is 0.410 e. The molecule has 2 amide bonds. The monoisotopic (exact) mass is 376 g/mol. The average Bonchev–Trinajstić information content (AvgIpc) is 3.24. The highest BCUT2D eigenvalue weighted by Crippen LogP contribution is 2.29. The van der Waals surface area contributed by atoms with E-state index < -0.39 is 11.6 Å². The van der Waals surface area contributed by atoms with Gasteiger partial charge in [-0.1, -0.05) is 6.07 Å². The second-order valence-electron chi connectivity index (χ2n) is 6.79. The minimum Gasteiger partial charge on any atom is -0.447 e. The number of rotatable bonds is 4. The number of amides is 2. The lowest BCUT2D eigenvalue weighted by Gasteiger charge is -2.31. The van der Waals surface area contributed by atoms with Crippen molar-refractivity contribution >= 4 is 17.8 Å². The Labute approximate surface area is 153 Å². The molecule has 0 saturated carbocycles. The summed E-state index contributed by atoms with van der Waals surface area (Å²) in [6.07, 6.45) is 2.94. The van der Waals surface area contributed by atoms with Gasteiger partial charge in [0.1, 0.15) is 12.3 Å². The number of piperidine rings is 1. The summed E-state index contributed by atoms with van der Waals surface area (Å²) in [7, 11) is 0. The number of fused-ring (bicyclic) bond motifs is 1. The van der Waals surface area contributed by atoms with E-state index in [0.29, 0.717) is 19.6 Å². The van der Waals surface area contributed by atoms with Gasteiger partial charge in [0.25, 0.3) is 0 Å². The molecule has 2 fully saturated rings. The number of hydrogen-bond donors (Lipinski definition) is 1. The van der Waals surface area contributed by atoms with Gasteiger partial charge in [-0.25, -0.2) is 18.3 Å². The van der Waals surface area contributed by atoms with Crippen molar-refractivity contribution in [1.82, 2.24) is 14.7 Å². The Balaban J connectivity index is 1.36. The summed E-state index contributed by atoms with van der Waals surface area (Å²) in [6.45, 7) is 0.968. The number of carbonyl (C=O) groups excluding carboxylic acids is 2. The molecule has 27 heavy (non-hydrogen) atoms. The van der Waals surface area contributed by atoms with E-state index in [0.717, 1.165) is 18.9 Å². The van der Waals surface area contributed by atoms with Gasteiger partial charge in [0.05, 0.1) is 6.04 Å². The van der Waals surface area contributed by atoms with E-state index in [1.165, 1.54) is 29.1 Å². The number of anilines is 1. The second kappa shape index (κ2) is 6.98. The zero-order valence-electron chi connectivity index (χ0n) is 14.4. The number of aromatic nitrogens is 2. The average molecular weight is 376 g/mol. The Kier molecular flexibility index (Phi) is 4.51. The topological polar surface area (TPSA) is 76.5 Å². The van der Waals surface area contributed by atoms with Crippen molar-refractivity contribution in [2.75, 3.05) is 18.5 Å². The fourth-order valence-electron chi connectivity index (χ4n) is 3.62. The van der Waals surface area contributed by atoms with E-state index in [1.807, 2.05) is 0 Å². The van der Waals surface area contributed by atoms with Crippen molar-refractivity contribution in [3.05, 3.63) is 42.1 Å². The van der Waals surface area contributed by atoms with Crippen LogP contribution in [-0.4, -0.2) is 45.9 Å². The molecular formula is C18H18F2N4O3. The molecule has 3 heterocycles. The van der Waals surface area contributed by atoms with Gasteiger partial charge in [-0.05, 0) is 30.9 Å². The number of nitrogens with zero attached hydrogens (tertiary/aromatic N) is 3. The highest BCUT2D eigenvalue weighted by atomic mass is 19.2. The molecule has 2 atom stereocenters. The molecule has 2 aliphatic rings. The van der Waals surface area contributed by atoms with Crippen molar-refractivity contribution in [1.29, 1.82) is 0 Å². The van der Waals surface area contributed by atoms with E-state index in [4.69, 9.17) is 4.74 Å². The maximum absolute atomic E-state index is 13.8. The highest BCUT2D eigenvalue weighted by molar-refractivity contribution is 5.89. The summed E-state index contributed by atoms with van der Waals surface area (Å²) in [5, 5.41) is 6.77. The van der Waals surface area contributed by atoms with Gasteiger partial charge >= 0.3 is 6.09 Å². The third-order valence-corrected chi connectivity index (χ3v) is 4.97. The first-order valence-electron chi connectivity index (χ1n) is 8.74. The zero-order chi connectivity index (χ0) is 19.0. The van der Waals surface area contributed by atoms with Crippen molar-refractivity contribution in [3.63, 3.8) is 0 Å². The number of halogens is 2. The largest absolute Gasteiger partial charge is 0.447 e. The Morgan fingerprint density at radius 2 is 2.19 bits per heavy atom.